The maximum absolute atomic E-state index is 12.5. The van der Waals surface area contributed by atoms with Crippen LogP contribution in [0.2, 0.25) is 0 Å². The first-order chi connectivity index (χ1) is 12.2. The summed E-state index contributed by atoms with van der Waals surface area (Å²) in [6, 6.07) is 2.07. The molecule has 2 fully saturated rings. The summed E-state index contributed by atoms with van der Waals surface area (Å²) in [4.78, 5) is 27.9. The maximum atomic E-state index is 12.5. The summed E-state index contributed by atoms with van der Waals surface area (Å²) < 4.78 is 5.41. The van der Waals surface area contributed by atoms with Gasteiger partial charge in [-0.3, -0.25) is 4.79 Å². The highest BCUT2D eigenvalue weighted by Gasteiger charge is 2.28. The molecule has 0 aromatic carbocycles. The van der Waals surface area contributed by atoms with Crippen molar-refractivity contribution in [2.45, 2.75) is 26.7 Å². The first-order valence-electron chi connectivity index (χ1n) is 9.41. The first-order valence-corrected chi connectivity index (χ1v) is 9.41. The van der Waals surface area contributed by atoms with E-state index < -0.39 is 0 Å². The largest absolute Gasteiger partial charge is 0.378 e. The minimum Gasteiger partial charge on any atom is -0.378 e. The molecule has 0 N–H and O–H groups in total. The van der Waals surface area contributed by atoms with Gasteiger partial charge in [0.25, 0.3) is 0 Å². The predicted molar refractivity (Wildman–Crippen MR) is 97.9 cm³/mol. The van der Waals surface area contributed by atoms with Crippen LogP contribution in [0.25, 0.3) is 0 Å². The number of rotatable bonds is 5. The number of piperidine rings is 1. The molecule has 2 aliphatic rings. The number of carbonyl (C=O) groups is 1. The van der Waals surface area contributed by atoms with E-state index in [9.17, 15) is 4.79 Å². The lowest BCUT2D eigenvalue weighted by Crippen LogP contribution is -2.43. The van der Waals surface area contributed by atoms with Crippen LogP contribution < -0.4 is 9.80 Å². The molecule has 0 aliphatic carbocycles. The van der Waals surface area contributed by atoms with E-state index in [4.69, 9.17) is 4.74 Å². The average molecular weight is 347 g/mol. The summed E-state index contributed by atoms with van der Waals surface area (Å²) in [6.07, 6.45) is 3.44. The molecule has 25 heavy (non-hydrogen) atoms. The summed E-state index contributed by atoms with van der Waals surface area (Å²) in [5.41, 5.74) is 0. The van der Waals surface area contributed by atoms with Gasteiger partial charge in [-0.2, -0.15) is 0 Å². The van der Waals surface area contributed by atoms with Crippen LogP contribution >= 0.6 is 0 Å². The van der Waals surface area contributed by atoms with Crippen molar-refractivity contribution < 1.29 is 9.53 Å². The fourth-order valence-electron chi connectivity index (χ4n) is 3.62. The molecule has 2 aliphatic heterocycles. The Morgan fingerprint density at radius 1 is 1.08 bits per heavy atom. The van der Waals surface area contributed by atoms with Gasteiger partial charge in [0.05, 0.1) is 13.2 Å². The zero-order valence-corrected chi connectivity index (χ0v) is 15.4. The summed E-state index contributed by atoms with van der Waals surface area (Å²) in [7, 11) is 0. The van der Waals surface area contributed by atoms with Gasteiger partial charge in [-0.25, -0.2) is 9.97 Å². The minimum atomic E-state index is 0.150. The van der Waals surface area contributed by atoms with Crippen molar-refractivity contribution in [1.29, 1.82) is 0 Å². The molecule has 0 unspecified atom stereocenters. The highest BCUT2D eigenvalue weighted by molar-refractivity contribution is 5.79. The lowest BCUT2D eigenvalue weighted by Gasteiger charge is -2.35. The van der Waals surface area contributed by atoms with Crippen molar-refractivity contribution in [2.75, 3.05) is 62.3 Å². The van der Waals surface area contributed by atoms with E-state index in [0.29, 0.717) is 5.91 Å². The van der Waals surface area contributed by atoms with Crippen LogP contribution in [0, 0.1) is 5.92 Å². The van der Waals surface area contributed by atoms with E-state index >= 15 is 0 Å². The molecule has 0 radical (unpaired) electrons. The van der Waals surface area contributed by atoms with E-state index in [1.807, 2.05) is 18.7 Å². The Morgan fingerprint density at radius 3 is 2.20 bits per heavy atom. The Kier molecular flexibility index (Phi) is 6.07. The third-order valence-electron chi connectivity index (χ3n) is 5.22. The van der Waals surface area contributed by atoms with Gasteiger partial charge in [0.2, 0.25) is 5.91 Å². The Balaban J connectivity index is 1.60. The van der Waals surface area contributed by atoms with Gasteiger partial charge < -0.3 is 19.4 Å². The second-order valence-corrected chi connectivity index (χ2v) is 6.61. The lowest BCUT2D eigenvalue weighted by molar-refractivity contribution is -0.135. The fraction of sp³-hybridized carbons (Fsp3) is 0.722. The van der Waals surface area contributed by atoms with Gasteiger partial charge in [0, 0.05) is 51.3 Å². The highest BCUT2D eigenvalue weighted by Crippen LogP contribution is 2.25. The molecule has 0 saturated carbocycles. The number of aromatic nitrogens is 2. The Morgan fingerprint density at radius 2 is 1.64 bits per heavy atom. The van der Waals surface area contributed by atoms with Crippen molar-refractivity contribution in [3.63, 3.8) is 0 Å². The number of anilines is 2. The van der Waals surface area contributed by atoms with Crippen molar-refractivity contribution in [2.24, 2.45) is 5.92 Å². The van der Waals surface area contributed by atoms with Crippen LogP contribution in [0.15, 0.2) is 12.4 Å². The van der Waals surface area contributed by atoms with Crippen LogP contribution in [0.4, 0.5) is 11.6 Å². The third kappa shape index (κ3) is 4.21. The van der Waals surface area contributed by atoms with E-state index in [-0.39, 0.29) is 5.92 Å². The molecule has 2 saturated heterocycles. The number of hydrogen-bond acceptors (Lipinski definition) is 6. The SMILES string of the molecule is CCN(CC)C(=O)C1CCN(c2cc(N3CCOCC3)ncn2)CC1. The van der Waals surface area contributed by atoms with Crippen LogP contribution in [-0.2, 0) is 9.53 Å². The maximum Gasteiger partial charge on any atom is 0.225 e. The van der Waals surface area contributed by atoms with E-state index in [1.165, 1.54) is 0 Å². The van der Waals surface area contributed by atoms with Crippen molar-refractivity contribution in [3.05, 3.63) is 12.4 Å². The quantitative estimate of drug-likeness (QED) is 0.802. The molecular formula is C18H29N5O2. The molecule has 1 aromatic rings. The summed E-state index contributed by atoms with van der Waals surface area (Å²) in [5, 5.41) is 0. The van der Waals surface area contributed by atoms with Gasteiger partial charge in [-0.1, -0.05) is 0 Å². The molecule has 7 nitrogen and oxygen atoms in total. The van der Waals surface area contributed by atoms with Crippen molar-refractivity contribution in [3.8, 4) is 0 Å². The summed E-state index contributed by atoms with van der Waals surface area (Å²) in [6.45, 7) is 10.7. The van der Waals surface area contributed by atoms with E-state index in [2.05, 4.69) is 25.8 Å². The van der Waals surface area contributed by atoms with E-state index in [0.717, 1.165) is 77.0 Å². The van der Waals surface area contributed by atoms with Crippen molar-refractivity contribution in [1.82, 2.24) is 14.9 Å². The molecule has 0 spiro atoms. The molecule has 1 amide bonds. The number of amides is 1. The molecular weight excluding hydrogens is 318 g/mol. The molecule has 1 aromatic heterocycles. The van der Waals surface area contributed by atoms with Crippen LogP contribution in [0.3, 0.4) is 0 Å². The number of nitrogens with zero attached hydrogens (tertiary/aromatic N) is 5. The van der Waals surface area contributed by atoms with Gasteiger partial charge in [-0.15, -0.1) is 0 Å². The van der Waals surface area contributed by atoms with Gasteiger partial charge in [-0.05, 0) is 26.7 Å². The third-order valence-corrected chi connectivity index (χ3v) is 5.22. The highest BCUT2D eigenvalue weighted by atomic mass is 16.5. The Bertz CT molecular complexity index is 564. The fourth-order valence-corrected chi connectivity index (χ4v) is 3.62. The predicted octanol–water partition coefficient (Wildman–Crippen LogP) is 1.40. The smallest absolute Gasteiger partial charge is 0.225 e. The Hall–Kier alpha value is -1.89. The number of carbonyl (C=O) groups excluding carboxylic acids is 1. The number of morpholine rings is 1. The number of hydrogen-bond donors (Lipinski definition) is 0. The van der Waals surface area contributed by atoms with Crippen molar-refractivity contribution >= 4 is 17.5 Å². The zero-order valence-electron chi connectivity index (χ0n) is 15.4. The molecule has 138 valence electrons. The summed E-state index contributed by atoms with van der Waals surface area (Å²) >= 11 is 0. The Labute approximate surface area is 150 Å². The molecule has 0 atom stereocenters. The first kappa shape index (κ1) is 17.9. The standard InChI is InChI=1S/C18H29N5O2/c1-3-21(4-2)18(24)15-5-7-22(8-6-15)16-13-17(20-14-19-16)23-9-11-25-12-10-23/h13-15H,3-12H2,1-2H3. The minimum absolute atomic E-state index is 0.150. The molecule has 3 rings (SSSR count). The molecule has 0 bridgehead atoms. The zero-order chi connectivity index (χ0) is 17.6. The van der Waals surface area contributed by atoms with Gasteiger partial charge in [0.1, 0.15) is 18.0 Å². The molecule has 7 heteroatoms. The van der Waals surface area contributed by atoms with E-state index in [1.54, 1.807) is 6.33 Å². The van der Waals surface area contributed by atoms with Gasteiger partial charge in [0.15, 0.2) is 0 Å². The average Bonchev–Trinajstić information content (AvgIpc) is 2.70. The summed E-state index contributed by atoms with van der Waals surface area (Å²) in [5.74, 6) is 2.39. The monoisotopic (exact) mass is 347 g/mol. The second kappa shape index (κ2) is 8.47. The normalized spacial score (nSPS) is 19.1. The lowest BCUT2D eigenvalue weighted by atomic mass is 9.95. The van der Waals surface area contributed by atoms with Gasteiger partial charge >= 0.3 is 0 Å². The van der Waals surface area contributed by atoms with Crippen LogP contribution in [0.1, 0.15) is 26.7 Å². The van der Waals surface area contributed by atoms with Crippen LogP contribution in [-0.4, -0.2) is 73.3 Å². The number of ether oxygens (including phenoxy) is 1. The second-order valence-electron chi connectivity index (χ2n) is 6.61. The van der Waals surface area contributed by atoms with Crippen LogP contribution in [0.5, 0.6) is 0 Å². The molecule has 3 heterocycles. The topological polar surface area (TPSA) is 61.8 Å².